The Kier molecular flexibility index (Phi) is 2.99. The first-order chi connectivity index (χ1) is 7.99. The van der Waals surface area contributed by atoms with Crippen molar-refractivity contribution in [3.63, 3.8) is 0 Å². The summed E-state index contributed by atoms with van der Waals surface area (Å²) in [5, 5.41) is 15.4. The molecule has 0 radical (unpaired) electrons. The van der Waals surface area contributed by atoms with E-state index < -0.39 is 4.92 Å². The van der Waals surface area contributed by atoms with Crippen LogP contribution < -0.4 is 0 Å². The number of hydrogen-bond donors (Lipinski definition) is 0. The second-order valence-electron chi connectivity index (χ2n) is 3.24. The van der Waals surface area contributed by atoms with E-state index in [2.05, 4.69) is 10.1 Å². The van der Waals surface area contributed by atoms with Gasteiger partial charge >= 0.3 is 5.69 Å². The van der Waals surface area contributed by atoms with Crippen molar-refractivity contribution in [3.05, 3.63) is 44.3 Å². The van der Waals surface area contributed by atoms with Gasteiger partial charge in [0.15, 0.2) is 0 Å². The van der Waals surface area contributed by atoms with Gasteiger partial charge in [0.25, 0.3) is 0 Å². The first-order valence-corrected chi connectivity index (χ1v) is 5.27. The molecule has 0 aliphatic carbocycles. The second kappa shape index (κ2) is 4.31. The number of hydrogen-bond acceptors (Lipinski definition) is 4. The molecule has 0 saturated carbocycles. The number of halogens is 2. The van der Waals surface area contributed by atoms with Crippen molar-refractivity contribution in [1.82, 2.24) is 14.8 Å². The maximum absolute atomic E-state index is 10.8. The molecule has 0 fully saturated rings. The first kappa shape index (κ1) is 11.8. The zero-order valence-electron chi connectivity index (χ0n) is 8.59. The highest BCUT2D eigenvalue weighted by Crippen LogP contribution is 2.24. The van der Waals surface area contributed by atoms with Gasteiger partial charge in [-0.25, -0.2) is 9.67 Å². The van der Waals surface area contributed by atoms with Crippen LogP contribution in [0.5, 0.6) is 0 Å². The van der Waals surface area contributed by atoms with Gasteiger partial charge in [-0.05, 0) is 13.0 Å². The van der Waals surface area contributed by atoms with Gasteiger partial charge in [0.1, 0.15) is 5.15 Å². The van der Waals surface area contributed by atoms with Gasteiger partial charge in [-0.2, -0.15) is 5.10 Å². The summed E-state index contributed by atoms with van der Waals surface area (Å²) >= 11 is 11.5. The van der Waals surface area contributed by atoms with Crippen molar-refractivity contribution in [2.45, 2.75) is 6.92 Å². The van der Waals surface area contributed by atoms with Crippen LogP contribution in [0, 0.1) is 17.0 Å². The third kappa shape index (κ3) is 2.22. The predicted molar refractivity (Wildman–Crippen MR) is 62.8 cm³/mol. The third-order valence-electron chi connectivity index (χ3n) is 2.07. The van der Waals surface area contributed by atoms with Gasteiger partial charge in [-0.1, -0.05) is 23.2 Å². The van der Waals surface area contributed by atoms with Crippen LogP contribution in [0.2, 0.25) is 10.2 Å². The molecule has 2 rings (SSSR count). The number of nitro groups is 1. The minimum Gasteiger partial charge on any atom is -0.258 e. The molecular formula is C9H6Cl2N4O2. The number of pyridine rings is 1. The van der Waals surface area contributed by atoms with Crippen molar-refractivity contribution in [2.75, 3.05) is 0 Å². The van der Waals surface area contributed by atoms with E-state index in [4.69, 9.17) is 23.2 Å². The molecule has 0 N–H and O–H groups in total. The Balaban J connectivity index is 2.64. The van der Waals surface area contributed by atoms with Crippen LogP contribution in [0.3, 0.4) is 0 Å². The lowest BCUT2D eigenvalue weighted by atomic mass is 10.4. The molecule has 6 nitrogen and oxygen atoms in total. The van der Waals surface area contributed by atoms with Gasteiger partial charge in [-0.3, -0.25) is 10.1 Å². The number of aryl methyl sites for hydroxylation is 1. The maximum atomic E-state index is 10.8. The van der Waals surface area contributed by atoms with Crippen LogP contribution >= 0.6 is 23.2 Å². The number of aromatic nitrogens is 3. The fourth-order valence-corrected chi connectivity index (χ4v) is 1.55. The molecule has 0 saturated heterocycles. The predicted octanol–water partition coefficient (Wildman–Crippen LogP) is 2.79. The Morgan fingerprint density at radius 2 is 2.12 bits per heavy atom. The normalized spacial score (nSPS) is 10.5. The molecule has 0 aromatic carbocycles. The molecule has 2 aromatic heterocycles. The molecular weight excluding hydrogens is 267 g/mol. The Morgan fingerprint density at radius 3 is 2.65 bits per heavy atom. The Hall–Kier alpha value is -1.66. The van der Waals surface area contributed by atoms with Crippen LogP contribution in [0.1, 0.15) is 5.69 Å². The molecule has 2 heterocycles. The van der Waals surface area contributed by atoms with Gasteiger partial charge < -0.3 is 0 Å². The van der Waals surface area contributed by atoms with E-state index in [1.807, 2.05) is 0 Å². The lowest BCUT2D eigenvalue weighted by Gasteiger charge is -2.01. The molecule has 0 aliphatic heterocycles. The first-order valence-electron chi connectivity index (χ1n) is 4.52. The second-order valence-corrected chi connectivity index (χ2v) is 4.04. The van der Waals surface area contributed by atoms with Gasteiger partial charge in [0, 0.05) is 6.07 Å². The highest BCUT2D eigenvalue weighted by molar-refractivity contribution is 6.31. The Labute approximate surface area is 106 Å². The number of rotatable bonds is 2. The summed E-state index contributed by atoms with van der Waals surface area (Å²) in [5.74, 6) is 0.0394. The lowest BCUT2D eigenvalue weighted by Crippen LogP contribution is -2.03. The van der Waals surface area contributed by atoms with Crippen LogP contribution in [-0.4, -0.2) is 19.7 Å². The fraction of sp³-hybridized carbons (Fsp3) is 0.111. The third-order valence-corrected chi connectivity index (χ3v) is 2.65. The summed E-state index contributed by atoms with van der Waals surface area (Å²) < 4.78 is 1.24. The minimum absolute atomic E-state index is 0.0394. The van der Waals surface area contributed by atoms with E-state index in [-0.39, 0.29) is 16.7 Å². The van der Waals surface area contributed by atoms with Crippen LogP contribution in [0.15, 0.2) is 18.3 Å². The lowest BCUT2D eigenvalue weighted by molar-refractivity contribution is -0.384. The smallest absolute Gasteiger partial charge is 0.258 e. The molecule has 0 aliphatic rings. The summed E-state index contributed by atoms with van der Waals surface area (Å²) in [5.41, 5.74) is 0.372. The van der Waals surface area contributed by atoms with Crippen LogP contribution in [-0.2, 0) is 0 Å². The number of nitrogens with zero attached hydrogens (tertiary/aromatic N) is 4. The summed E-state index contributed by atoms with van der Waals surface area (Å²) in [4.78, 5) is 14.2. The Morgan fingerprint density at radius 1 is 1.41 bits per heavy atom. The molecule has 17 heavy (non-hydrogen) atoms. The average Bonchev–Trinajstić information content (AvgIpc) is 2.58. The van der Waals surface area contributed by atoms with E-state index >= 15 is 0 Å². The topological polar surface area (TPSA) is 73.8 Å². The van der Waals surface area contributed by atoms with E-state index in [1.165, 1.54) is 23.0 Å². The van der Waals surface area contributed by atoms with E-state index in [9.17, 15) is 10.1 Å². The molecule has 88 valence electrons. The quantitative estimate of drug-likeness (QED) is 0.479. The standard InChI is InChI=1S/C9H6Cl2N4O2/c1-5-6(10)4-14(13-5)9-7(15(16)17)2-3-8(11)12-9/h2-4H,1H3. The SMILES string of the molecule is Cc1nn(-c2nc(Cl)ccc2[N+](=O)[O-])cc1Cl. The largest absolute Gasteiger partial charge is 0.313 e. The van der Waals surface area contributed by atoms with E-state index in [1.54, 1.807) is 6.92 Å². The molecule has 2 aromatic rings. The molecule has 0 amide bonds. The Bertz CT molecular complexity index is 577. The maximum Gasteiger partial charge on any atom is 0.313 e. The molecule has 0 unspecified atom stereocenters. The minimum atomic E-state index is -0.552. The molecule has 8 heteroatoms. The average molecular weight is 273 g/mol. The van der Waals surface area contributed by atoms with Crippen molar-refractivity contribution in [3.8, 4) is 5.82 Å². The van der Waals surface area contributed by atoms with Crippen molar-refractivity contribution >= 4 is 28.9 Å². The summed E-state index contributed by atoms with van der Waals surface area (Å²) in [6.07, 6.45) is 1.45. The van der Waals surface area contributed by atoms with Crippen molar-refractivity contribution < 1.29 is 4.92 Å². The summed E-state index contributed by atoms with van der Waals surface area (Å²) in [6.45, 7) is 1.69. The van der Waals surface area contributed by atoms with Crippen molar-refractivity contribution in [2.24, 2.45) is 0 Å². The monoisotopic (exact) mass is 272 g/mol. The van der Waals surface area contributed by atoms with Crippen molar-refractivity contribution in [1.29, 1.82) is 0 Å². The van der Waals surface area contributed by atoms with E-state index in [0.29, 0.717) is 10.7 Å². The highest BCUT2D eigenvalue weighted by Gasteiger charge is 2.19. The van der Waals surface area contributed by atoms with Gasteiger partial charge in [0.2, 0.25) is 5.82 Å². The molecule has 0 bridgehead atoms. The molecule has 0 spiro atoms. The van der Waals surface area contributed by atoms with Crippen LogP contribution in [0.4, 0.5) is 5.69 Å². The summed E-state index contributed by atoms with van der Waals surface area (Å²) in [7, 11) is 0. The van der Waals surface area contributed by atoms with Crippen LogP contribution in [0.25, 0.3) is 5.82 Å². The zero-order valence-corrected chi connectivity index (χ0v) is 10.1. The molecule has 0 atom stereocenters. The van der Waals surface area contributed by atoms with Gasteiger partial charge in [-0.15, -0.1) is 0 Å². The van der Waals surface area contributed by atoms with E-state index in [0.717, 1.165) is 0 Å². The summed E-state index contributed by atoms with van der Waals surface area (Å²) in [6, 6.07) is 2.62. The highest BCUT2D eigenvalue weighted by atomic mass is 35.5. The van der Waals surface area contributed by atoms with Gasteiger partial charge in [0.05, 0.1) is 21.8 Å². The zero-order chi connectivity index (χ0) is 12.6. The fourth-order valence-electron chi connectivity index (χ4n) is 1.28.